The van der Waals surface area contributed by atoms with Crippen molar-refractivity contribution in [2.45, 2.75) is 12.2 Å². The molecule has 100 valence electrons. The van der Waals surface area contributed by atoms with Gasteiger partial charge in [0.2, 0.25) is 0 Å². The Balaban J connectivity index is 2.69. The number of esters is 1. The third-order valence-corrected chi connectivity index (χ3v) is 3.77. The normalized spacial score (nSPS) is 12.1. The molecule has 0 spiro atoms. The number of hydrogen-bond donors (Lipinski definition) is 0. The van der Waals surface area contributed by atoms with Crippen LogP contribution in [0.2, 0.25) is 0 Å². The molecule has 0 radical (unpaired) electrons. The van der Waals surface area contributed by atoms with E-state index in [4.69, 9.17) is 4.74 Å². The van der Waals surface area contributed by atoms with Crippen LogP contribution >= 0.6 is 0 Å². The molecule has 0 aliphatic rings. The van der Waals surface area contributed by atoms with Crippen molar-refractivity contribution in [2.75, 3.05) is 26.6 Å². The third kappa shape index (κ3) is 4.98. The Bertz CT molecular complexity index is 417. The van der Waals surface area contributed by atoms with Crippen molar-refractivity contribution in [3.05, 3.63) is 35.4 Å². The minimum atomic E-state index is -0.975. The van der Waals surface area contributed by atoms with Gasteiger partial charge in [-0.25, -0.2) is 0 Å². The van der Waals surface area contributed by atoms with Crippen LogP contribution < -0.4 is 0 Å². The maximum absolute atomic E-state index is 11.8. The van der Waals surface area contributed by atoms with Crippen molar-refractivity contribution in [2.24, 2.45) is 0 Å². The fourth-order valence-electron chi connectivity index (χ4n) is 1.52. The van der Waals surface area contributed by atoms with Crippen molar-refractivity contribution in [1.29, 1.82) is 0 Å². The van der Waals surface area contributed by atoms with Gasteiger partial charge in [0.25, 0.3) is 0 Å². The molecule has 0 heterocycles. The molecule has 5 heteroatoms. The van der Waals surface area contributed by atoms with Crippen LogP contribution in [0, 0.1) is 0 Å². The number of methoxy groups -OCH3 is 2. The first-order chi connectivity index (χ1) is 8.67. The van der Waals surface area contributed by atoms with Crippen LogP contribution in [0.3, 0.4) is 0 Å². The predicted molar refractivity (Wildman–Crippen MR) is 70.8 cm³/mol. The van der Waals surface area contributed by atoms with Crippen LogP contribution in [0.5, 0.6) is 0 Å². The standard InChI is InChI=1S/C13H18O4S/c1-16-7-8-18(15)10-12-6-4-3-5-11(12)9-13(14)17-2/h3-6H,7-10H2,1-2H3. The first-order valence-electron chi connectivity index (χ1n) is 5.65. The highest BCUT2D eigenvalue weighted by molar-refractivity contribution is 7.84. The Morgan fingerprint density at radius 2 is 1.89 bits per heavy atom. The van der Waals surface area contributed by atoms with E-state index in [9.17, 15) is 9.00 Å². The van der Waals surface area contributed by atoms with Crippen molar-refractivity contribution in [3.63, 3.8) is 0 Å². The van der Waals surface area contributed by atoms with E-state index in [1.165, 1.54) is 7.11 Å². The van der Waals surface area contributed by atoms with Crippen LogP contribution in [0.4, 0.5) is 0 Å². The molecule has 0 saturated carbocycles. The Kier molecular flexibility index (Phi) is 6.60. The van der Waals surface area contributed by atoms with E-state index in [2.05, 4.69) is 4.74 Å². The monoisotopic (exact) mass is 270 g/mol. The molecular formula is C13H18O4S. The van der Waals surface area contributed by atoms with Crippen LogP contribution in [0.1, 0.15) is 11.1 Å². The second-order valence-corrected chi connectivity index (χ2v) is 5.38. The first kappa shape index (κ1) is 14.9. The number of hydrogen-bond acceptors (Lipinski definition) is 4. The van der Waals surface area contributed by atoms with Crippen molar-refractivity contribution < 1.29 is 18.5 Å². The molecule has 0 aromatic heterocycles. The molecule has 1 rings (SSSR count). The van der Waals surface area contributed by atoms with E-state index < -0.39 is 10.8 Å². The molecule has 0 amide bonds. The number of benzene rings is 1. The fraction of sp³-hybridized carbons (Fsp3) is 0.462. The lowest BCUT2D eigenvalue weighted by Gasteiger charge is -2.08. The molecule has 1 unspecified atom stereocenters. The van der Waals surface area contributed by atoms with Crippen LogP contribution in [-0.2, 0) is 37.2 Å². The topological polar surface area (TPSA) is 52.6 Å². The molecule has 0 N–H and O–H groups in total. The molecule has 18 heavy (non-hydrogen) atoms. The maximum atomic E-state index is 11.8. The molecule has 0 aliphatic heterocycles. The fourth-order valence-corrected chi connectivity index (χ4v) is 2.65. The van der Waals surface area contributed by atoms with Gasteiger partial charge in [-0.05, 0) is 11.1 Å². The van der Waals surface area contributed by atoms with Crippen molar-refractivity contribution >= 4 is 16.8 Å². The molecule has 4 nitrogen and oxygen atoms in total. The first-order valence-corrected chi connectivity index (χ1v) is 7.13. The summed E-state index contributed by atoms with van der Waals surface area (Å²) < 4.78 is 21.3. The van der Waals surface area contributed by atoms with Gasteiger partial charge in [0.15, 0.2) is 0 Å². The summed E-state index contributed by atoms with van der Waals surface area (Å²) in [6, 6.07) is 7.49. The summed E-state index contributed by atoms with van der Waals surface area (Å²) in [7, 11) is 1.97. The van der Waals surface area contributed by atoms with Crippen LogP contribution in [-0.4, -0.2) is 36.8 Å². The Morgan fingerprint density at radius 3 is 2.50 bits per heavy atom. The lowest BCUT2D eigenvalue weighted by molar-refractivity contribution is -0.139. The molecule has 0 saturated heterocycles. The third-order valence-electron chi connectivity index (χ3n) is 2.51. The van der Waals surface area contributed by atoms with E-state index in [0.29, 0.717) is 18.1 Å². The average molecular weight is 270 g/mol. The van der Waals surface area contributed by atoms with E-state index in [-0.39, 0.29) is 12.4 Å². The Hall–Kier alpha value is -1.20. The summed E-state index contributed by atoms with van der Waals surface area (Å²) in [6.07, 6.45) is 0.216. The van der Waals surface area contributed by atoms with E-state index in [1.54, 1.807) is 7.11 Å². The molecule has 1 aromatic carbocycles. The Labute approximate surface area is 110 Å². The molecule has 1 aromatic rings. The average Bonchev–Trinajstić information content (AvgIpc) is 2.38. The summed E-state index contributed by atoms with van der Waals surface area (Å²) in [5.41, 5.74) is 1.80. The highest BCUT2D eigenvalue weighted by atomic mass is 32.2. The second kappa shape index (κ2) is 8.00. The maximum Gasteiger partial charge on any atom is 0.309 e. The van der Waals surface area contributed by atoms with Crippen molar-refractivity contribution in [1.82, 2.24) is 0 Å². The molecule has 0 bridgehead atoms. The second-order valence-electron chi connectivity index (χ2n) is 3.80. The molecular weight excluding hydrogens is 252 g/mol. The highest BCUT2D eigenvalue weighted by Gasteiger charge is 2.10. The SMILES string of the molecule is COCCS(=O)Cc1ccccc1CC(=O)OC. The lowest BCUT2D eigenvalue weighted by atomic mass is 10.1. The summed E-state index contributed by atoms with van der Waals surface area (Å²) in [5, 5.41) is 0. The van der Waals surface area contributed by atoms with E-state index in [1.807, 2.05) is 24.3 Å². The predicted octanol–water partition coefficient (Wildman–Crippen LogP) is 1.30. The zero-order valence-electron chi connectivity index (χ0n) is 10.7. The quantitative estimate of drug-likeness (QED) is 0.701. The van der Waals surface area contributed by atoms with Gasteiger partial charge in [-0.1, -0.05) is 24.3 Å². The molecule has 0 fully saturated rings. The van der Waals surface area contributed by atoms with Gasteiger partial charge in [0.05, 0.1) is 20.1 Å². The van der Waals surface area contributed by atoms with Crippen LogP contribution in [0.25, 0.3) is 0 Å². The van der Waals surface area contributed by atoms with Gasteiger partial charge in [-0.2, -0.15) is 0 Å². The molecule has 1 atom stereocenters. The lowest BCUT2D eigenvalue weighted by Crippen LogP contribution is -2.10. The minimum absolute atomic E-state index is 0.216. The summed E-state index contributed by atoms with van der Waals surface area (Å²) >= 11 is 0. The number of rotatable bonds is 7. The van der Waals surface area contributed by atoms with Gasteiger partial charge < -0.3 is 9.47 Å². The number of carbonyl (C=O) groups excluding carboxylic acids is 1. The van der Waals surface area contributed by atoms with Gasteiger partial charge in [-0.15, -0.1) is 0 Å². The largest absolute Gasteiger partial charge is 0.469 e. The summed E-state index contributed by atoms with van der Waals surface area (Å²) in [4.78, 5) is 11.3. The summed E-state index contributed by atoms with van der Waals surface area (Å²) in [6.45, 7) is 0.478. The van der Waals surface area contributed by atoms with Gasteiger partial charge in [0, 0.05) is 29.4 Å². The van der Waals surface area contributed by atoms with Gasteiger partial charge in [0.1, 0.15) is 0 Å². The molecule has 0 aliphatic carbocycles. The zero-order valence-corrected chi connectivity index (χ0v) is 11.5. The minimum Gasteiger partial charge on any atom is -0.469 e. The van der Waals surface area contributed by atoms with E-state index in [0.717, 1.165) is 11.1 Å². The van der Waals surface area contributed by atoms with Crippen molar-refractivity contribution in [3.8, 4) is 0 Å². The Morgan fingerprint density at radius 1 is 1.22 bits per heavy atom. The zero-order chi connectivity index (χ0) is 13.4. The number of ether oxygens (including phenoxy) is 2. The van der Waals surface area contributed by atoms with Gasteiger partial charge >= 0.3 is 5.97 Å². The highest BCUT2D eigenvalue weighted by Crippen LogP contribution is 2.12. The number of carbonyl (C=O) groups is 1. The summed E-state index contributed by atoms with van der Waals surface area (Å²) in [5.74, 6) is 0.657. The van der Waals surface area contributed by atoms with Crippen LogP contribution in [0.15, 0.2) is 24.3 Å². The smallest absolute Gasteiger partial charge is 0.309 e. The van der Waals surface area contributed by atoms with Gasteiger partial charge in [-0.3, -0.25) is 9.00 Å². The van der Waals surface area contributed by atoms with E-state index >= 15 is 0 Å².